The maximum atomic E-state index is 12.7. The van der Waals surface area contributed by atoms with Gasteiger partial charge in [0.25, 0.3) is 0 Å². The van der Waals surface area contributed by atoms with Crippen molar-refractivity contribution in [3.63, 3.8) is 0 Å². The first-order chi connectivity index (χ1) is 7.88. The summed E-state index contributed by atoms with van der Waals surface area (Å²) >= 11 is 0. The highest BCUT2D eigenvalue weighted by Gasteiger charge is 2.31. The van der Waals surface area contributed by atoms with Gasteiger partial charge in [-0.15, -0.1) is 0 Å². The van der Waals surface area contributed by atoms with E-state index in [9.17, 15) is 9.67 Å². The Hall–Kier alpha value is -0.670. The van der Waals surface area contributed by atoms with Crippen LogP contribution < -0.4 is 0 Å². The van der Waals surface area contributed by atoms with Crippen LogP contribution in [0.15, 0.2) is 30.3 Å². The summed E-state index contributed by atoms with van der Waals surface area (Å²) in [6.45, 7) is 0. The van der Waals surface area contributed by atoms with E-state index in [2.05, 4.69) is 0 Å². The molecule has 1 rings (SSSR count). The van der Waals surface area contributed by atoms with E-state index < -0.39 is 13.5 Å². The van der Waals surface area contributed by atoms with Gasteiger partial charge in [-0.1, -0.05) is 30.3 Å². The predicted molar refractivity (Wildman–Crippen MR) is 71.2 cm³/mol. The highest BCUT2D eigenvalue weighted by Crippen LogP contribution is 2.51. The largest absolute Gasteiger partial charge is 0.388 e. The summed E-state index contributed by atoms with van der Waals surface area (Å²) in [7, 11) is 4.44. The molecular weight excluding hydrogens is 235 g/mol. The molecule has 0 saturated heterocycles. The number of hydrogen-bond acceptors (Lipinski definition) is 2. The van der Waals surface area contributed by atoms with Gasteiger partial charge in [-0.05, 0) is 33.8 Å². The van der Waals surface area contributed by atoms with E-state index >= 15 is 0 Å². The number of aliphatic hydroxyl groups is 1. The van der Waals surface area contributed by atoms with E-state index in [-0.39, 0.29) is 6.16 Å². The molecule has 0 radical (unpaired) electrons. The molecule has 1 aromatic rings. The first-order valence-electron chi connectivity index (χ1n) is 5.55. The normalized spacial score (nSPS) is 14.3. The summed E-state index contributed by atoms with van der Waals surface area (Å²) in [5.74, 6) is 0. The minimum atomic E-state index is -2.67. The van der Waals surface area contributed by atoms with Crippen LogP contribution in [0.4, 0.5) is 0 Å². The molecule has 0 bridgehead atoms. The second-order valence-corrected chi connectivity index (χ2v) is 7.76. The number of nitrogens with zero attached hydrogens (tertiary/aromatic N) is 2. The third-order valence-electron chi connectivity index (χ3n) is 2.85. The zero-order chi connectivity index (χ0) is 13.1. The van der Waals surface area contributed by atoms with Gasteiger partial charge in [0.1, 0.15) is 0 Å². The molecule has 1 N–H and O–H groups in total. The SMILES string of the molecule is CN(C)P(=O)(C[C@@H](O)c1ccccc1)N(C)C. The molecule has 0 aliphatic rings. The van der Waals surface area contributed by atoms with E-state index in [0.717, 1.165) is 5.56 Å². The third-order valence-corrected chi connectivity index (χ3v) is 6.17. The van der Waals surface area contributed by atoms with Crippen LogP contribution in [0.25, 0.3) is 0 Å². The first kappa shape index (κ1) is 14.4. The molecule has 0 amide bonds. The lowest BCUT2D eigenvalue weighted by Gasteiger charge is -2.32. The number of benzene rings is 1. The third kappa shape index (κ3) is 3.39. The lowest BCUT2D eigenvalue weighted by molar-refractivity contribution is 0.197. The molecule has 0 unspecified atom stereocenters. The van der Waals surface area contributed by atoms with Crippen LogP contribution in [0, 0.1) is 0 Å². The minimum Gasteiger partial charge on any atom is -0.388 e. The van der Waals surface area contributed by atoms with Gasteiger partial charge >= 0.3 is 0 Å². The maximum Gasteiger partial charge on any atom is 0.218 e. The molecule has 96 valence electrons. The van der Waals surface area contributed by atoms with Crippen molar-refractivity contribution in [1.82, 2.24) is 9.34 Å². The van der Waals surface area contributed by atoms with E-state index in [0.29, 0.717) is 0 Å². The lowest BCUT2D eigenvalue weighted by atomic mass is 10.1. The van der Waals surface area contributed by atoms with Gasteiger partial charge in [0.15, 0.2) is 0 Å². The molecule has 0 aliphatic heterocycles. The van der Waals surface area contributed by atoms with Gasteiger partial charge in [0, 0.05) is 0 Å². The Morgan fingerprint density at radius 3 is 2.00 bits per heavy atom. The van der Waals surface area contributed by atoms with Crippen molar-refractivity contribution in [2.75, 3.05) is 34.4 Å². The molecule has 1 aromatic carbocycles. The zero-order valence-corrected chi connectivity index (χ0v) is 11.8. The molecular formula is C12H21N2O2P. The number of aliphatic hydroxyl groups excluding tert-OH is 1. The Bertz CT molecular complexity index is 381. The van der Waals surface area contributed by atoms with Crippen molar-refractivity contribution in [1.29, 1.82) is 0 Å². The topological polar surface area (TPSA) is 43.8 Å². The maximum absolute atomic E-state index is 12.7. The minimum absolute atomic E-state index is 0.233. The Kier molecular flexibility index (Phi) is 4.90. The molecule has 0 aliphatic carbocycles. The zero-order valence-electron chi connectivity index (χ0n) is 10.9. The number of hydrogen-bond donors (Lipinski definition) is 1. The fraction of sp³-hybridized carbons (Fsp3) is 0.500. The van der Waals surface area contributed by atoms with E-state index in [1.807, 2.05) is 30.3 Å². The monoisotopic (exact) mass is 256 g/mol. The average Bonchev–Trinajstić information content (AvgIpc) is 2.29. The Labute approximate surface area is 103 Å². The van der Waals surface area contributed by atoms with Crippen LogP contribution in [0.1, 0.15) is 11.7 Å². The summed E-state index contributed by atoms with van der Waals surface area (Å²) in [5, 5.41) is 10.1. The standard InChI is InChI=1S/C12H21N2O2P/c1-13(2)17(16,14(3)4)10-12(15)11-8-6-5-7-9-11/h5-9,12,15H,10H2,1-4H3/t12-/m1/s1. The second-order valence-electron chi connectivity index (χ2n) is 4.47. The van der Waals surface area contributed by atoms with Crippen LogP contribution in [0.2, 0.25) is 0 Å². The fourth-order valence-corrected chi connectivity index (χ4v) is 3.72. The van der Waals surface area contributed by atoms with Crippen LogP contribution >= 0.6 is 7.44 Å². The van der Waals surface area contributed by atoms with Gasteiger partial charge in [-0.2, -0.15) is 0 Å². The molecule has 17 heavy (non-hydrogen) atoms. The summed E-state index contributed by atoms with van der Waals surface area (Å²) in [4.78, 5) is 0. The predicted octanol–water partition coefficient (Wildman–Crippen LogP) is 2.04. The summed E-state index contributed by atoms with van der Waals surface area (Å²) in [6, 6.07) is 9.33. The van der Waals surface area contributed by atoms with E-state index in [1.54, 1.807) is 37.5 Å². The van der Waals surface area contributed by atoms with Crippen molar-refractivity contribution in [2.45, 2.75) is 6.10 Å². The van der Waals surface area contributed by atoms with Crippen LogP contribution in [0.3, 0.4) is 0 Å². The van der Waals surface area contributed by atoms with Crippen molar-refractivity contribution in [2.24, 2.45) is 0 Å². The highest BCUT2D eigenvalue weighted by molar-refractivity contribution is 7.59. The van der Waals surface area contributed by atoms with E-state index in [1.165, 1.54) is 0 Å². The molecule has 5 heteroatoms. The van der Waals surface area contributed by atoms with Crippen molar-refractivity contribution < 1.29 is 9.67 Å². The van der Waals surface area contributed by atoms with E-state index in [4.69, 9.17) is 0 Å². The molecule has 4 nitrogen and oxygen atoms in total. The van der Waals surface area contributed by atoms with Crippen molar-refractivity contribution in [3.8, 4) is 0 Å². The molecule has 0 aromatic heterocycles. The van der Waals surface area contributed by atoms with Crippen molar-refractivity contribution >= 4 is 7.44 Å². The fourth-order valence-electron chi connectivity index (χ4n) is 1.69. The Balaban J connectivity index is 2.86. The summed E-state index contributed by atoms with van der Waals surface area (Å²) < 4.78 is 16.1. The van der Waals surface area contributed by atoms with Crippen LogP contribution in [0.5, 0.6) is 0 Å². The number of rotatable bonds is 5. The molecule has 1 atom stereocenters. The van der Waals surface area contributed by atoms with Crippen LogP contribution in [-0.2, 0) is 4.57 Å². The molecule has 0 heterocycles. The summed E-state index contributed by atoms with van der Waals surface area (Å²) in [5.41, 5.74) is 0.802. The van der Waals surface area contributed by atoms with Gasteiger partial charge in [-0.3, -0.25) is 4.57 Å². The van der Waals surface area contributed by atoms with Gasteiger partial charge in [-0.25, -0.2) is 9.34 Å². The highest BCUT2D eigenvalue weighted by atomic mass is 31.2. The quantitative estimate of drug-likeness (QED) is 0.819. The average molecular weight is 256 g/mol. The smallest absolute Gasteiger partial charge is 0.218 e. The Morgan fingerprint density at radius 1 is 1.12 bits per heavy atom. The van der Waals surface area contributed by atoms with Gasteiger partial charge < -0.3 is 5.11 Å². The molecule has 0 saturated carbocycles. The lowest BCUT2D eigenvalue weighted by Crippen LogP contribution is -2.25. The van der Waals surface area contributed by atoms with Gasteiger partial charge in [0.05, 0.1) is 12.3 Å². The second kappa shape index (κ2) is 5.78. The Morgan fingerprint density at radius 2 is 1.59 bits per heavy atom. The molecule has 0 spiro atoms. The van der Waals surface area contributed by atoms with Crippen molar-refractivity contribution in [3.05, 3.63) is 35.9 Å². The van der Waals surface area contributed by atoms with Gasteiger partial charge in [0.2, 0.25) is 7.44 Å². The first-order valence-corrected chi connectivity index (χ1v) is 7.35. The summed E-state index contributed by atoms with van der Waals surface area (Å²) in [6.07, 6.45) is -0.469. The van der Waals surface area contributed by atoms with Crippen LogP contribution in [-0.4, -0.2) is 48.8 Å². The molecule has 0 fully saturated rings.